The monoisotopic (exact) mass is 218 g/mol. The fraction of sp³-hybridized carbons (Fsp3) is 0.500. The van der Waals surface area contributed by atoms with Crippen LogP contribution in [0.1, 0.15) is 6.42 Å². The fourth-order valence-electron chi connectivity index (χ4n) is 1.31. The number of nitrogens with zero attached hydrogens (tertiary/aromatic N) is 1. The first kappa shape index (κ1) is 10.9. The van der Waals surface area contributed by atoms with Crippen molar-refractivity contribution in [2.75, 3.05) is 24.8 Å². The lowest BCUT2D eigenvalue weighted by molar-refractivity contribution is 0.397. The molecule has 0 heterocycles. The molecule has 0 aromatic heterocycles. The van der Waals surface area contributed by atoms with Crippen molar-refractivity contribution in [1.82, 2.24) is 4.90 Å². The van der Waals surface area contributed by atoms with Crippen molar-refractivity contribution in [3.63, 3.8) is 0 Å². The molecular weight excluding hydrogens is 205 g/mol. The molecule has 0 saturated carbocycles. The van der Waals surface area contributed by atoms with Crippen molar-refractivity contribution in [3.8, 4) is 0 Å². The molecule has 0 N–H and O–H groups in total. The number of hydrogen-bond acceptors (Lipinski definition) is 1. The molecule has 1 aliphatic rings. The molecule has 0 bridgehead atoms. The molecular formula is C10H14Cl2N. The van der Waals surface area contributed by atoms with E-state index in [9.17, 15) is 0 Å². The van der Waals surface area contributed by atoms with Crippen LogP contribution in [0.15, 0.2) is 23.9 Å². The Hall–Kier alpha value is -0.140. The van der Waals surface area contributed by atoms with Crippen molar-refractivity contribution in [1.29, 1.82) is 0 Å². The molecule has 0 atom stereocenters. The topological polar surface area (TPSA) is 3.24 Å². The zero-order chi connectivity index (χ0) is 9.52. The van der Waals surface area contributed by atoms with Crippen molar-refractivity contribution >= 4 is 23.2 Å². The summed E-state index contributed by atoms with van der Waals surface area (Å²) in [7, 11) is 0. The highest BCUT2D eigenvalue weighted by Gasteiger charge is 2.06. The lowest BCUT2D eigenvalue weighted by atomic mass is 10.1. The Kier molecular flexibility index (Phi) is 5.33. The Bertz CT molecular complexity index is 193. The third-order valence-electron chi connectivity index (χ3n) is 1.94. The molecule has 0 amide bonds. The molecule has 1 aliphatic carbocycles. The summed E-state index contributed by atoms with van der Waals surface area (Å²) < 4.78 is 0. The first-order valence-corrected chi connectivity index (χ1v) is 5.52. The summed E-state index contributed by atoms with van der Waals surface area (Å²) in [6, 6.07) is 0. The molecule has 1 nitrogen and oxygen atoms in total. The number of rotatable bonds is 5. The second kappa shape index (κ2) is 6.33. The highest BCUT2D eigenvalue weighted by atomic mass is 35.5. The number of halogens is 2. The van der Waals surface area contributed by atoms with E-state index in [1.54, 1.807) is 0 Å². The molecule has 0 aliphatic heterocycles. The summed E-state index contributed by atoms with van der Waals surface area (Å²) in [6.45, 7) is 1.73. The van der Waals surface area contributed by atoms with E-state index in [2.05, 4.69) is 29.5 Å². The maximum atomic E-state index is 5.71. The third-order valence-corrected chi connectivity index (χ3v) is 2.28. The highest BCUT2D eigenvalue weighted by Crippen LogP contribution is 2.13. The van der Waals surface area contributed by atoms with Crippen LogP contribution in [0.2, 0.25) is 0 Å². The van der Waals surface area contributed by atoms with E-state index in [1.807, 2.05) is 0 Å². The van der Waals surface area contributed by atoms with E-state index in [0.717, 1.165) is 19.5 Å². The number of alkyl halides is 2. The predicted octanol–water partition coefficient (Wildman–Crippen LogP) is 2.81. The van der Waals surface area contributed by atoms with Crippen LogP contribution in [-0.2, 0) is 0 Å². The largest absolute Gasteiger partial charge is 0.369 e. The average molecular weight is 219 g/mol. The van der Waals surface area contributed by atoms with Crippen molar-refractivity contribution < 1.29 is 0 Å². The Labute approximate surface area is 90.0 Å². The van der Waals surface area contributed by atoms with Gasteiger partial charge in [-0.25, -0.2) is 0 Å². The summed E-state index contributed by atoms with van der Waals surface area (Å²) in [5, 5.41) is 0. The lowest BCUT2D eigenvalue weighted by Gasteiger charge is -2.25. The van der Waals surface area contributed by atoms with Crippen LogP contribution >= 0.6 is 23.2 Å². The standard InChI is InChI=1S/C10H14Cl2N/c11-6-8-13(9-7-12)10-4-2-1-3-5-10/h1-2,4-5H,3,6-9H2. The van der Waals surface area contributed by atoms with Gasteiger partial charge in [-0.05, 0) is 18.9 Å². The summed E-state index contributed by atoms with van der Waals surface area (Å²) in [6.07, 6.45) is 9.50. The minimum absolute atomic E-state index is 0.645. The summed E-state index contributed by atoms with van der Waals surface area (Å²) in [4.78, 5) is 2.21. The van der Waals surface area contributed by atoms with Gasteiger partial charge < -0.3 is 4.90 Å². The van der Waals surface area contributed by atoms with E-state index in [1.165, 1.54) is 5.70 Å². The maximum absolute atomic E-state index is 5.71. The molecule has 1 rings (SSSR count). The van der Waals surface area contributed by atoms with Gasteiger partial charge in [-0.3, -0.25) is 0 Å². The van der Waals surface area contributed by atoms with Gasteiger partial charge >= 0.3 is 0 Å². The quantitative estimate of drug-likeness (QED) is 0.642. The Morgan fingerprint density at radius 1 is 1.23 bits per heavy atom. The van der Waals surface area contributed by atoms with Gasteiger partial charge in [-0.2, -0.15) is 0 Å². The minimum atomic E-state index is 0.645. The molecule has 13 heavy (non-hydrogen) atoms. The normalized spacial score (nSPS) is 15.7. The van der Waals surface area contributed by atoms with Gasteiger partial charge in [-0.15, -0.1) is 23.2 Å². The summed E-state index contributed by atoms with van der Waals surface area (Å²) in [5.41, 5.74) is 1.24. The van der Waals surface area contributed by atoms with Crippen LogP contribution in [0.25, 0.3) is 0 Å². The molecule has 0 aromatic carbocycles. The minimum Gasteiger partial charge on any atom is -0.369 e. The van der Waals surface area contributed by atoms with E-state index in [0.29, 0.717) is 11.8 Å². The Morgan fingerprint density at radius 3 is 2.38 bits per heavy atom. The molecule has 0 unspecified atom stereocenters. The van der Waals surface area contributed by atoms with Crippen LogP contribution in [0.4, 0.5) is 0 Å². The summed E-state index contributed by atoms with van der Waals surface area (Å²) in [5.74, 6) is 1.29. The predicted molar refractivity (Wildman–Crippen MR) is 59.2 cm³/mol. The van der Waals surface area contributed by atoms with Crippen LogP contribution in [0, 0.1) is 6.42 Å². The zero-order valence-electron chi connectivity index (χ0n) is 7.55. The number of hydrogen-bond donors (Lipinski definition) is 0. The fourth-order valence-corrected chi connectivity index (χ4v) is 1.72. The second-order valence-corrected chi connectivity index (χ2v) is 3.58. The van der Waals surface area contributed by atoms with Gasteiger partial charge in [-0.1, -0.05) is 12.2 Å². The van der Waals surface area contributed by atoms with Gasteiger partial charge in [0, 0.05) is 30.5 Å². The first-order valence-electron chi connectivity index (χ1n) is 4.45. The molecule has 0 fully saturated rings. The van der Waals surface area contributed by atoms with Crippen LogP contribution < -0.4 is 0 Å². The van der Waals surface area contributed by atoms with E-state index in [4.69, 9.17) is 23.2 Å². The zero-order valence-corrected chi connectivity index (χ0v) is 9.06. The smallest absolute Gasteiger partial charge is 0.0399 e. The average Bonchev–Trinajstić information content (AvgIpc) is 2.19. The maximum Gasteiger partial charge on any atom is 0.0399 e. The summed E-state index contributed by atoms with van der Waals surface area (Å²) >= 11 is 11.4. The van der Waals surface area contributed by atoms with Crippen molar-refractivity contribution in [3.05, 3.63) is 30.3 Å². The van der Waals surface area contributed by atoms with E-state index < -0.39 is 0 Å². The van der Waals surface area contributed by atoms with Gasteiger partial charge in [0.25, 0.3) is 0 Å². The lowest BCUT2D eigenvalue weighted by Crippen LogP contribution is -2.27. The third kappa shape index (κ3) is 3.61. The molecule has 0 saturated heterocycles. The second-order valence-electron chi connectivity index (χ2n) is 2.82. The molecule has 73 valence electrons. The van der Waals surface area contributed by atoms with Gasteiger partial charge in [0.1, 0.15) is 0 Å². The Morgan fingerprint density at radius 2 is 1.92 bits per heavy atom. The molecule has 0 aromatic rings. The highest BCUT2D eigenvalue weighted by molar-refractivity contribution is 6.18. The van der Waals surface area contributed by atoms with Crippen molar-refractivity contribution in [2.45, 2.75) is 6.42 Å². The first-order chi connectivity index (χ1) is 6.38. The van der Waals surface area contributed by atoms with Crippen LogP contribution in [-0.4, -0.2) is 29.7 Å². The molecule has 3 heteroatoms. The van der Waals surface area contributed by atoms with Gasteiger partial charge in [0.05, 0.1) is 0 Å². The van der Waals surface area contributed by atoms with Crippen LogP contribution in [0.3, 0.4) is 0 Å². The van der Waals surface area contributed by atoms with E-state index >= 15 is 0 Å². The van der Waals surface area contributed by atoms with Crippen molar-refractivity contribution in [2.24, 2.45) is 0 Å². The Balaban J connectivity index is 2.51. The van der Waals surface area contributed by atoms with E-state index in [-0.39, 0.29) is 0 Å². The number of allylic oxidation sites excluding steroid dienone is 3. The van der Waals surface area contributed by atoms with Crippen LogP contribution in [0.5, 0.6) is 0 Å². The SMILES string of the molecule is ClCCN(CCCl)C1=CC[CH]C=C1. The molecule has 0 spiro atoms. The van der Waals surface area contributed by atoms with Gasteiger partial charge in [0.2, 0.25) is 0 Å². The van der Waals surface area contributed by atoms with Gasteiger partial charge in [0.15, 0.2) is 0 Å². The molecule has 1 radical (unpaired) electrons.